The van der Waals surface area contributed by atoms with E-state index < -0.39 is 11.6 Å². The van der Waals surface area contributed by atoms with Crippen LogP contribution in [0.5, 0.6) is 5.75 Å². The Bertz CT molecular complexity index is 1030. The van der Waals surface area contributed by atoms with Gasteiger partial charge in [-0.3, -0.25) is 0 Å². The minimum absolute atomic E-state index is 0.0248. The summed E-state index contributed by atoms with van der Waals surface area (Å²) in [6, 6.07) is 14.3. The highest BCUT2D eigenvalue weighted by Gasteiger charge is 2.09. The topological polar surface area (TPSA) is 65.7 Å². The molecule has 0 bridgehead atoms. The second-order valence-electron chi connectivity index (χ2n) is 5.67. The average molecular weight is 382 g/mol. The second kappa shape index (κ2) is 8.60. The van der Waals surface area contributed by atoms with Crippen LogP contribution in [0.3, 0.4) is 0 Å². The van der Waals surface area contributed by atoms with Gasteiger partial charge in [-0.15, -0.1) is 11.8 Å². The Morgan fingerprint density at radius 3 is 2.63 bits per heavy atom. The number of thioether (sulfide) groups is 1. The van der Waals surface area contributed by atoms with Crippen molar-refractivity contribution in [2.45, 2.75) is 11.5 Å². The highest BCUT2D eigenvalue weighted by atomic mass is 32.2. The molecule has 0 amide bonds. The molecule has 0 radical (unpaired) electrons. The highest BCUT2D eigenvalue weighted by Crippen LogP contribution is 2.23. The molecule has 0 unspecified atom stereocenters. The van der Waals surface area contributed by atoms with Crippen molar-refractivity contribution in [1.29, 1.82) is 0 Å². The van der Waals surface area contributed by atoms with Crippen molar-refractivity contribution in [3.05, 3.63) is 76.2 Å². The quantitative estimate of drug-likeness (QED) is 0.274. The summed E-state index contributed by atoms with van der Waals surface area (Å²) in [6.45, 7) is -0.0248. The minimum atomic E-state index is -0.508. The van der Waals surface area contributed by atoms with Gasteiger partial charge in [0.1, 0.15) is 17.9 Å². The van der Waals surface area contributed by atoms with Gasteiger partial charge in [-0.1, -0.05) is 12.1 Å². The summed E-state index contributed by atoms with van der Waals surface area (Å²) >= 11 is 1.66. The third-order valence-electron chi connectivity index (χ3n) is 3.93. The number of fused-ring (bicyclic) bond motifs is 1. The Labute approximate surface area is 160 Å². The van der Waals surface area contributed by atoms with Crippen LogP contribution in [0, 0.1) is 0 Å². The predicted octanol–water partition coefficient (Wildman–Crippen LogP) is 4.28. The molecule has 0 aliphatic carbocycles. The van der Waals surface area contributed by atoms with Crippen LogP contribution in [-0.2, 0) is 16.1 Å². The van der Waals surface area contributed by atoms with Gasteiger partial charge in [0, 0.05) is 34.1 Å². The number of hydrogen-bond donors (Lipinski definition) is 0. The molecule has 2 aromatic carbocycles. The number of rotatable bonds is 6. The lowest BCUT2D eigenvalue weighted by Gasteiger charge is -2.07. The summed E-state index contributed by atoms with van der Waals surface area (Å²) in [6.07, 6.45) is 5.06. The first kappa shape index (κ1) is 18.8. The zero-order valence-corrected chi connectivity index (χ0v) is 15.7. The molecule has 3 aromatic rings. The summed E-state index contributed by atoms with van der Waals surface area (Å²) in [5.74, 6) is 0.0917. The zero-order valence-electron chi connectivity index (χ0n) is 14.9. The highest BCUT2D eigenvalue weighted by molar-refractivity contribution is 7.98. The Hall–Kier alpha value is -2.99. The summed E-state index contributed by atoms with van der Waals surface area (Å²) < 4.78 is 15.6. The Kier molecular flexibility index (Phi) is 5.98. The number of methoxy groups -OCH3 is 1. The van der Waals surface area contributed by atoms with Crippen LogP contribution in [0.4, 0.5) is 0 Å². The lowest BCUT2D eigenvalue weighted by Crippen LogP contribution is -2.05. The van der Waals surface area contributed by atoms with E-state index in [9.17, 15) is 9.59 Å². The maximum absolute atomic E-state index is 12.0. The fourth-order valence-corrected chi connectivity index (χ4v) is 2.94. The molecule has 0 aliphatic heterocycles. The first-order valence-corrected chi connectivity index (χ1v) is 9.41. The van der Waals surface area contributed by atoms with Crippen molar-refractivity contribution in [3.63, 3.8) is 0 Å². The van der Waals surface area contributed by atoms with E-state index in [2.05, 4.69) is 0 Å². The van der Waals surface area contributed by atoms with Crippen LogP contribution in [-0.4, -0.2) is 19.3 Å². The standard InChI is InChI=1S/C21H18O5S/c1-24-16-6-9-18-15(11-21(23)26-19(18)12-16)13-25-20(22)10-5-14-3-7-17(27-2)8-4-14/h3-12H,13H2,1-2H3/b10-5+. The first-order valence-electron chi connectivity index (χ1n) is 8.19. The van der Waals surface area contributed by atoms with Crippen molar-refractivity contribution in [2.75, 3.05) is 13.4 Å². The fraction of sp³-hybridized carbons (Fsp3) is 0.143. The minimum Gasteiger partial charge on any atom is -0.497 e. The van der Waals surface area contributed by atoms with E-state index in [1.165, 1.54) is 19.3 Å². The van der Waals surface area contributed by atoms with Crippen LogP contribution >= 0.6 is 11.8 Å². The van der Waals surface area contributed by atoms with Crippen LogP contribution in [0.1, 0.15) is 11.1 Å². The van der Waals surface area contributed by atoms with E-state index in [0.29, 0.717) is 22.3 Å². The van der Waals surface area contributed by atoms with E-state index >= 15 is 0 Å². The Balaban J connectivity index is 1.71. The predicted molar refractivity (Wildman–Crippen MR) is 106 cm³/mol. The van der Waals surface area contributed by atoms with Crippen molar-refractivity contribution in [1.82, 2.24) is 0 Å². The number of carbonyl (C=O) groups excluding carboxylic acids is 1. The molecule has 0 saturated carbocycles. The molecular formula is C21H18O5S. The van der Waals surface area contributed by atoms with Gasteiger partial charge in [0.2, 0.25) is 0 Å². The van der Waals surface area contributed by atoms with E-state index in [1.807, 2.05) is 30.5 Å². The molecule has 138 valence electrons. The van der Waals surface area contributed by atoms with Gasteiger partial charge >= 0.3 is 11.6 Å². The van der Waals surface area contributed by atoms with Crippen molar-refractivity contribution < 1.29 is 18.7 Å². The molecule has 5 nitrogen and oxygen atoms in total. The van der Waals surface area contributed by atoms with Gasteiger partial charge in [-0.05, 0) is 42.2 Å². The second-order valence-corrected chi connectivity index (χ2v) is 6.55. The van der Waals surface area contributed by atoms with Crippen LogP contribution in [0.15, 0.2) is 68.7 Å². The van der Waals surface area contributed by atoms with Crippen molar-refractivity contribution in [2.24, 2.45) is 0 Å². The van der Waals surface area contributed by atoms with E-state index in [0.717, 1.165) is 10.5 Å². The Morgan fingerprint density at radius 2 is 1.93 bits per heavy atom. The molecule has 0 spiro atoms. The summed E-state index contributed by atoms with van der Waals surface area (Å²) in [4.78, 5) is 24.9. The summed E-state index contributed by atoms with van der Waals surface area (Å²) in [5, 5.41) is 0.694. The number of carbonyl (C=O) groups is 1. The maximum Gasteiger partial charge on any atom is 0.336 e. The van der Waals surface area contributed by atoms with Crippen LogP contribution in [0.2, 0.25) is 0 Å². The zero-order chi connectivity index (χ0) is 19.2. The number of hydrogen-bond acceptors (Lipinski definition) is 6. The SMILES string of the molecule is COc1ccc2c(COC(=O)/C=C/c3ccc(SC)cc3)cc(=O)oc2c1. The molecular weight excluding hydrogens is 364 g/mol. The summed E-state index contributed by atoms with van der Waals surface area (Å²) in [7, 11) is 1.53. The molecule has 27 heavy (non-hydrogen) atoms. The molecule has 1 aromatic heterocycles. The molecule has 3 rings (SSSR count). The van der Waals surface area contributed by atoms with Crippen LogP contribution in [0.25, 0.3) is 17.0 Å². The molecule has 6 heteroatoms. The van der Waals surface area contributed by atoms with Crippen LogP contribution < -0.4 is 10.4 Å². The van der Waals surface area contributed by atoms with E-state index in [4.69, 9.17) is 13.9 Å². The molecule has 0 atom stereocenters. The van der Waals surface area contributed by atoms with Gasteiger partial charge in [0.25, 0.3) is 0 Å². The van der Waals surface area contributed by atoms with Gasteiger partial charge in [0.05, 0.1) is 7.11 Å². The van der Waals surface area contributed by atoms with Gasteiger partial charge in [0.15, 0.2) is 0 Å². The molecule has 0 N–H and O–H groups in total. The Morgan fingerprint density at radius 1 is 1.15 bits per heavy atom. The third-order valence-corrected chi connectivity index (χ3v) is 4.68. The van der Waals surface area contributed by atoms with Gasteiger partial charge in [-0.2, -0.15) is 0 Å². The average Bonchev–Trinajstić information content (AvgIpc) is 2.70. The molecule has 0 fully saturated rings. The van der Waals surface area contributed by atoms with E-state index in [1.54, 1.807) is 36.0 Å². The molecule has 0 saturated heterocycles. The third kappa shape index (κ3) is 4.80. The normalized spacial score (nSPS) is 11.0. The maximum atomic E-state index is 12.0. The molecule has 0 aliphatic rings. The van der Waals surface area contributed by atoms with Crippen molar-refractivity contribution in [3.8, 4) is 5.75 Å². The first-order chi connectivity index (χ1) is 13.1. The van der Waals surface area contributed by atoms with Crippen molar-refractivity contribution >= 4 is 34.8 Å². The lowest BCUT2D eigenvalue weighted by molar-refractivity contribution is -0.138. The van der Waals surface area contributed by atoms with E-state index in [-0.39, 0.29) is 6.61 Å². The smallest absolute Gasteiger partial charge is 0.336 e. The summed E-state index contributed by atoms with van der Waals surface area (Å²) in [5.41, 5.74) is 1.36. The molecule has 1 heterocycles. The fourth-order valence-electron chi connectivity index (χ4n) is 2.53. The number of benzene rings is 2. The largest absolute Gasteiger partial charge is 0.497 e. The number of ether oxygens (including phenoxy) is 2. The van der Waals surface area contributed by atoms with Gasteiger partial charge in [-0.25, -0.2) is 9.59 Å². The van der Waals surface area contributed by atoms with Gasteiger partial charge < -0.3 is 13.9 Å². The monoisotopic (exact) mass is 382 g/mol. The number of esters is 1. The lowest BCUT2D eigenvalue weighted by atomic mass is 10.1.